The van der Waals surface area contributed by atoms with Gasteiger partial charge in [-0.25, -0.2) is 4.39 Å². The van der Waals surface area contributed by atoms with Crippen LogP contribution in [0, 0.1) is 5.82 Å². The van der Waals surface area contributed by atoms with E-state index in [2.05, 4.69) is 19.6 Å². The molecule has 1 amide bonds. The lowest BCUT2D eigenvalue weighted by atomic mass is 10.1. The second-order valence-corrected chi connectivity index (χ2v) is 5.34. The molecule has 1 aromatic rings. The standard InChI is InChI=1S/C14H18FNOS/c1-10-5-3-2-4-8-16(10)14(17)11-6-7-12(15)13(18)9-11/h6-7,9-10,18H,2-5,8H2,1H3. The summed E-state index contributed by atoms with van der Waals surface area (Å²) in [6, 6.07) is 4.61. The van der Waals surface area contributed by atoms with Crippen LogP contribution in [-0.4, -0.2) is 23.4 Å². The molecule has 0 radical (unpaired) electrons. The summed E-state index contributed by atoms with van der Waals surface area (Å²) in [6.07, 6.45) is 4.44. The molecule has 0 aromatic heterocycles. The molecule has 1 aliphatic heterocycles. The highest BCUT2D eigenvalue weighted by molar-refractivity contribution is 7.80. The Balaban J connectivity index is 2.21. The Hall–Kier alpha value is -1.03. The van der Waals surface area contributed by atoms with Crippen molar-refractivity contribution in [2.24, 2.45) is 0 Å². The quantitative estimate of drug-likeness (QED) is 0.772. The Morgan fingerprint density at radius 2 is 2.17 bits per heavy atom. The number of halogens is 1. The molecule has 2 rings (SSSR count). The molecular formula is C14H18FNOS. The first-order valence-electron chi connectivity index (χ1n) is 6.39. The van der Waals surface area contributed by atoms with Crippen molar-refractivity contribution < 1.29 is 9.18 Å². The molecule has 18 heavy (non-hydrogen) atoms. The summed E-state index contributed by atoms with van der Waals surface area (Å²) in [6.45, 7) is 2.87. The maximum atomic E-state index is 13.1. The van der Waals surface area contributed by atoms with E-state index in [1.807, 2.05) is 4.90 Å². The molecule has 0 spiro atoms. The van der Waals surface area contributed by atoms with Gasteiger partial charge in [-0.05, 0) is 38.0 Å². The Kier molecular flexibility index (Phi) is 4.27. The van der Waals surface area contributed by atoms with E-state index in [1.165, 1.54) is 31.0 Å². The van der Waals surface area contributed by atoms with Crippen LogP contribution in [0.25, 0.3) is 0 Å². The third-order valence-electron chi connectivity index (χ3n) is 3.51. The maximum absolute atomic E-state index is 13.1. The van der Waals surface area contributed by atoms with E-state index in [0.29, 0.717) is 5.56 Å². The van der Waals surface area contributed by atoms with Gasteiger partial charge in [-0.2, -0.15) is 0 Å². The summed E-state index contributed by atoms with van der Waals surface area (Å²) in [5.74, 6) is -0.404. The van der Waals surface area contributed by atoms with Gasteiger partial charge in [0.25, 0.3) is 5.91 Å². The van der Waals surface area contributed by atoms with E-state index in [9.17, 15) is 9.18 Å². The average Bonchev–Trinajstić information content (AvgIpc) is 2.56. The highest BCUT2D eigenvalue weighted by atomic mass is 32.1. The van der Waals surface area contributed by atoms with Gasteiger partial charge < -0.3 is 4.90 Å². The molecule has 1 saturated heterocycles. The number of hydrogen-bond donors (Lipinski definition) is 1. The van der Waals surface area contributed by atoms with Crippen LogP contribution in [0.4, 0.5) is 4.39 Å². The summed E-state index contributed by atoms with van der Waals surface area (Å²) < 4.78 is 13.1. The number of nitrogens with zero attached hydrogens (tertiary/aromatic N) is 1. The van der Waals surface area contributed by atoms with Gasteiger partial charge in [0.2, 0.25) is 0 Å². The molecule has 4 heteroatoms. The van der Waals surface area contributed by atoms with Gasteiger partial charge in [0.05, 0.1) is 0 Å². The lowest BCUT2D eigenvalue weighted by Gasteiger charge is -2.27. The molecular weight excluding hydrogens is 249 g/mol. The maximum Gasteiger partial charge on any atom is 0.254 e. The molecule has 1 atom stereocenters. The van der Waals surface area contributed by atoms with E-state index < -0.39 is 5.82 Å². The van der Waals surface area contributed by atoms with Gasteiger partial charge >= 0.3 is 0 Å². The second kappa shape index (κ2) is 5.74. The minimum Gasteiger partial charge on any atom is -0.336 e. The number of likely N-dealkylation sites (tertiary alicyclic amines) is 1. The SMILES string of the molecule is CC1CCCCCN1C(=O)c1ccc(F)c(S)c1. The van der Waals surface area contributed by atoms with Crippen molar-refractivity contribution in [3.63, 3.8) is 0 Å². The largest absolute Gasteiger partial charge is 0.336 e. The summed E-state index contributed by atoms with van der Waals surface area (Å²) in [5.41, 5.74) is 0.523. The third kappa shape index (κ3) is 2.86. The van der Waals surface area contributed by atoms with Gasteiger partial charge in [0.15, 0.2) is 0 Å². The summed E-state index contributed by atoms with van der Waals surface area (Å²) in [5, 5.41) is 0. The minimum atomic E-state index is -0.390. The van der Waals surface area contributed by atoms with Crippen molar-refractivity contribution in [2.75, 3.05) is 6.54 Å². The Bertz CT molecular complexity index is 449. The van der Waals surface area contributed by atoms with Gasteiger partial charge in [-0.3, -0.25) is 4.79 Å². The fraction of sp³-hybridized carbons (Fsp3) is 0.500. The second-order valence-electron chi connectivity index (χ2n) is 4.86. The van der Waals surface area contributed by atoms with Gasteiger partial charge in [-0.15, -0.1) is 12.6 Å². The van der Waals surface area contributed by atoms with Crippen LogP contribution in [0.3, 0.4) is 0 Å². The molecule has 1 unspecified atom stereocenters. The number of carbonyl (C=O) groups is 1. The normalized spacial score (nSPS) is 20.6. The summed E-state index contributed by atoms with van der Waals surface area (Å²) in [4.78, 5) is 14.5. The van der Waals surface area contributed by atoms with Gasteiger partial charge in [-0.1, -0.05) is 12.8 Å². The topological polar surface area (TPSA) is 20.3 Å². The number of thiol groups is 1. The Morgan fingerprint density at radius 1 is 1.39 bits per heavy atom. The van der Waals surface area contributed by atoms with Crippen molar-refractivity contribution in [1.82, 2.24) is 4.90 Å². The molecule has 1 heterocycles. The van der Waals surface area contributed by atoms with Crippen molar-refractivity contribution in [1.29, 1.82) is 0 Å². The monoisotopic (exact) mass is 267 g/mol. The highest BCUT2D eigenvalue weighted by Crippen LogP contribution is 2.21. The minimum absolute atomic E-state index is 0.0142. The Morgan fingerprint density at radius 3 is 2.89 bits per heavy atom. The molecule has 98 valence electrons. The molecule has 0 saturated carbocycles. The van der Waals surface area contributed by atoms with Crippen molar-refractivity contribution in [3.05, 3.63) is 29.6 Å². The molecule has 0 bridgehead atoms. The van der Waals surface area contributed by atoms with Gasteiger partial charge in [0.1, 0.15) is 5.82 Å². The first-order chi connectivity index (χ1) is 8.59. The number of rotatable bonds is 1. The van der Waals surface area contributed by atoms with E-state index in [0.717, 1.165) is 19.4 Å². The fourth-order valence-corrected chi connectivity index (χ4v) is 2.60. The lowest BCUT2D eigenvalue weighted by Crippen LogP contribution is -2.38. The molecule has 2 nitrogen and oxygen atoms in total. The van der Waals surface area contributed by atoms with Crippen molar-refractivity contribution in [2.45, 2.75) is 43.5 Å². The number of carbonyl (C=O) groups excluding carboxylic acids is 1. The van der Waals surface area contributed by atoms with E-state index in [-0.39, 0.29) is 16.8 Å². The predicted octanol–water partition coefficient (Wildman–Crippen LogP) is 3.52. The van der Waals surface area contributed by atoms with Crippen LogP contribution in [0.15, 0.2) is 23.1 Å². The van der Waals surface area contributed by atoms with E-state index in [4.69, 9.17) is 0 Å². The first-order valence-corrected chi connectivity index (χ1v) is 6.84. The first kappa shape index (κ1) is 13.4. The van der Waals surface area contributed by atoms with Crippen molar-refractivity contribution >= 4 is 18.5 Å². The third-order valence-corrected chi connectivity index (χ3v) is 3.85. The van der Waals surface area contributed by atoms with Crippen molar-refractivity contribution in [3.8, 4) is 0 Å². The fourth-order valence-electron chi connectivity index (χ4n) is 2.39. The molecule has 1 aliphatic rings. The molecule has 1 fully saturated rings. The zero-order chi connectivity index (χ0) is 13.1. The van der Waals surface area contributed by atoms with Crippen LogP contribution in [-0.2, 0) is 0 Å². The van der Waals surface area contributed by atoms with E-state index in [1.54, 1.807) is 0 Å². The van der Waals surface area contributed by atoms with E-state index >= 15 is 0 Å². The van der Waals surface area contributed by atoms with Crippen LogP contribution >= 0.6 is 12.6 Å². The summed E-state index contributed by atoms with van der Waals surface area (Å²) in [7, 11) is 0. The Labute approximate surface area is 113 Å². The molecule has 0 N–H and O–H groups in total. The van der Waals surface area contributed by atoms with Crippen LogP contribution < -0.4 is 0 Å². The molecule has 0 aliphatic carbocycles. The number of benzene rings is 1. The zero-order valence-corrected chi connectivity index (χ0v) is 11.4. The predicted molar refractivity (Wildman–Crippen MR) is 72.6 cm³/mol. The number of hydrogen-bond acceptors (Lipinski definition) is 2. The lowest BCUT2D eigenvalue weighted by molar-refractivity contribution is 0.0697. The zero-order valence-electron chi connectivity index (χ0n) is 10.5. The number of amides is 1. The summed E-state index contributed by atoms with van der Waals surface area (Å²) >= 11 is 4.02. The molecule has 1 aromatic carbocycles. The van der Waals surface area contributed by atoms with Crippen LogP contribution in [0.1, 0.15) is 43.0 Å². The smallest absolute Gasteiger partial charge is 0.254 e. The van der Waals surface area contributed by atoms with Crippen LogP contribution in [0.5, 0.6) is 0 Å². The van der Waals surface area contributed by atoms with Gasteiger partial charge in [0, 0.05) is 23.0 Å². The highest BCUT2D eigenvalue weighted by Gasteiger charge is 2.23. The van der Waals surface area contributed by atoms with Crippen LogP contribution in [0.2, 0.25) is 0 Å². The average molecular weight is 267 g/mol.